The van der Waals surface area contributed by atoms with Gasteiger partial charge >= 0.3 is 6.01 Å². The number of thioether (sulfide) groups is 1. The molecule has 21 heavy (non-hydrogen) atoms. The van der Waals surface area contributed by atoms with Crippen LogP contribution in [0.2, 0.25) is 0 Å². The molecule has 0 bridgehead atoms. The lowest BCUT2D eigenvalue weighted by molar-refractivity contribution is -0.113. The van der Waals surface area contributed by atoms with Crippen molar-refractivity contribution in [1.82, 2.24) is 25.0 Å². The first-order valence-corrected chi connectivity index (χ1v) is 7.52. The number of hydrogen-bond acceptors (Lipinski definition) is 8. The Labute approximate surface area is 124 Å². The summed E-state index contributed by atoms with van der Waals surface area (Å²) in [5.41, 5.74) is 5.65. The van der Waals surface area contributed by atoms with Crippen molar-refractivity contribution in [1.29, 1.82) is 0 Å². The molecule has 0 atom stereocenters. The minimum Gasteiger partial charge on any atom is -0.408 e. The lowest BCUT2D eigenvalue weighted by Gasteiger charge is -2.06. The van der Waals surface area contributed by atoms with Gasteiger partial charge in [0.05, 0.1) is 12.3 Å². The highest BCUT2D eigenvalue weighted by Crippen LogP contribution is 2.38. The van der Waals surface area contributed by atoms with Crippen LogP contribution in [-0.4, -0.2) is 36.6 Å². The molecule has 1 aliphatic rings. The summed E-state index contributed by atoms with van der Waals surface area (Å²) in [5, 5.41) is 18.8. The summed E-state index contributed by atoms with van der Waals surface area (Å²) in [7, 11) is 0. The number of hydrogen-bond donors (Lipinski definition) is 2. The Balaban J connectivity index is 1.60. The van der Waals surface area contributed by atoms with Gasteiger partial charge in [0.15, 0.2) is 5.16 Å². The molecule has 1 fully saturated rings. The molecule has 2 aromatic heterocycles. The van der Waals surface area contributed by atoms with Gasteiger partial charge in [-0.1, -0.05) is 16.9 Å². The number of rotatable bonds is 6. The van der Waals surface area contributed by atoms with Gasteiger partial charge < -0.3 is 14.7 Å². The van der Waals surface area contributed by atoms with E-state index in [4.69, 9.17) is 10.2 Å². The van der Waals surface area contributed by atoms with Crippen LogP contribution in [0.1, 0.15) is 30.6 Å². The third-order valence-corrected chi connectivity index (χ3v) is 3.88. The highest BCUT2D eigenvalue weighted by atomic mass is 32.2. The van der Waals surface area contributed by atoms with Crippen LogP contribution in [0.5, 0.6) is 0 Å². The lowest BCUT2D eigenvalue weighted by atomic mass is 10.5. The van der Waals surface area contributed by atoms with Crippen molar-refractivity contribution in [3.63, 3.8) is 0 Å². The highest BCUT2D eigenvalue weighted by Gasteiger charge is 2.29. The van der Waals surface area contributed by atoms with Crippen molar-refractivity contribution in [2.24, 2.45) is 5.73 Å². The summed E-state index contributed by atoms with van der Waals surface area (Å²) in [6, 6.07) is 0.520. The van der Waals surface area contributed by atoms with Crippen LogP contribution in [0.3, 0.4) is 0 Å². The molecule has 2 aromatic rings. The van der Waals surface area contributed by atoms with Crippen molar-refractivity contribution >= 4 is 23.7 Å². The molecule has 10 heteroatoms. The second-order valence-corrected chi connectivity index (χ2v) is 5.61. The van der Waals surface area contributed by atoms with Crippen LogP contribution in [-0.2, 0) is 11.3 Å². The SMILES string of the molecule is Cc1nnc(NC(=O)CSc2nnc(CN)n2C2CC2)o1. The van der Waals surface area contributed by atoms with Gasteiger partial charge in [-0.3, -0.25) is 10.1 Å². The maximum atomic E-state index is 11.8. The van der Waals surface area contributed by atoms with Crippen LogP contribution in [0, 0.1) is 6.92 Å². The molecule has 1 amide bonds. The Morgan fingerprint density at radius 3 is 2.86 bits per heavy atom. The molecule has 9 nitrogen and oxygen atoms in total. The van der Waals surface area contributed by atoms with Crippen LogP contribution >= 0.6 is 11.8 Å². The Bertz CT molecular complexity index is 649. The fraction of sp³-hybridized carbons (Fsp3) is 0.545. The Kier molecular flexibility index (Phi) is 3.88. The van der Waals surface area contributed by atoms with E-state index in [9.17, 15) is 4.79 Å². The van der Waals surface area contributed by atoms with E-state index >= 15 is 0 Å². The second-order valence-electron chi connectivity index (χ2n) is 4.67. The third-order valence-electron chi connectivity index (χ3n) is 2.93. The van der Waals surface area contributed by atoms with Crippen molar-refractivity contribution < 1.29 is 9.21 Å². The number of nitrogens with two attached hydrogens (primary N) is 1. The summed E-state index contributed by atoms with van der Waals surface area (Å²) >= 11 is 1.32. The third kappa shape index (κ3) is 3.22. The molecule has 0 radical (unpaired) electrons. The maximum Gasteiger partial charge on any atom is 0.322 e. The molecule has 0 aromatic carbocycles. The quantitative estimate of drug-likeness (QED) is 0.739. The molecule has 0 spiro atoms. The lowest BCUT2D eigenvalue weighted by Crippen LogP contribution is -2.15. The number of carbonyl (C=O) groups excluding carboxylic acids is 1. The van der Waals surface area contributed by atoms with E-state index in [-0.39, 0.29) is 17.7 Å². The molecule has 0 unspecified atom stereocenters. The average molecular weight is 309 g/mol. The van der Waals surface area contributed by atoms with Crippen molar-refractivity contribution in [3.8, 4) is 0 Å². The maximum absolute atomic E-state index is 11.8. The number of amides is 1. The van der Waals surface area contributed by atoms with Gasteiger partial charge in [0.1, 0.15) is 5.82 Å². The van der Waals surface area contributed by atoms with Gasteiger partial charge in [0, 0.05) is 13.0 Å². The van der Waals surface area contributed by atoms with E-state index in [2.05, 4.69) is 25.7 Å². The van der Waals surface area contributed by atoms with E-state index in [0.717, 1.165) is 23.8 Å². The average Bonchev–Trinajstić information content (AvgIpc) is 3.09. The van der Waals surface area contributed by atoms with Gasteiger partial charge in [-0.05, 0) is 12.8 Å². The molecule has 3 N–H and O–H groups in total. The summed E-state index contributed by atoms with van der Waals surface area (Å²) in [6.07, 6.45) is 2.21. The Morgan fingerprint density at radius 2 is 2.24 bits per heavy atom. The zero-order valence-electron chi connectivity index (χ0n) is 11.4. The summed E-state index contributed by atoms with van der Waals surface area (Å²) < 4.78 is 7.11. The zero-order chi connectivity index (χ0) is 14.8. The van der Waals surface area contributed by atoms with E-state index in [1.807, 2.05) is 4.57 Å². The summed E-state index contributed by atoms with van der Waals surface area (Å²) in [6.45, 7) is 2.00. The zero-order valence-corrected chi connectivity index (χ0v) is 12.3. The van der Waals surface area contributed by atoms with Crippen molar-refractivity contribution in [3.05, 3.63) is 11.7 Å². The molecule has 1 saturated carbocycles. The van der Waals surface area contributed by atoms with Gasteiger partial charge in [-0.15, -0.1) is 15.3 Å². The first kappa shape index (κ1) is 14.0. The van der Waals surface area contributed by atoms with Crippen LogP contribution < -0.4 is 11.1 Å². The van der Waals surface area contributed by atoms with Gasteiger partial charge in [0.2, 0.25) is 11.8 Å². The van der Waals surface area contributed by atoms with E-state index < -0.39 is 0 Å². The van der Waals surface area contributed by atoms with Crippen molar-refractivity contribution in [2.75, 3.05) is 11.1 Å². The van der Waals surface area contributed by atoms with Crippen LogP contribution in [0.25, 0.3) is 0 Å². The van der Waals surface area contributed by atoms with Crippen LogP contribution in [0.4, 0.5) is 6.01 Å². The number of nitrogens with zero attached hydrogens (tertiary/aromatic N) is 5. The van der Waals surface area contributed by atoms with Gasteiger partial charge in [0.25, 0.3) is 0 Å². The summed E-state index contributed by atoms with van der Waals surface area (Å²) in [4.78, 5) is 11.8. The minimum absolute atomic E-state index is 0.101. The fourth-order valence-electron chi connectivity index (χ4n) is 1.88. The Morgan fingerprint density at radius 1 is 1.43 bits per heavy atom. The monoisotopic (exact) mass is 309 g/mol. The number of anilines is 1. The topological polar surface area (TPSA) is 125 Å². The van der Waals surface area contributed by atoms with E-state index in [1.54, 1.807) is 6.92 Å². The minimum atomic E-state index is -0.233. The van der Waals surface area contributed by atoms with Crippen LogP contribution in [0.15, 0.2) is 9.57 Å². The normalized spacial score (nSPS) is 14.4. The second kappa shape index (κ2) is 5.82. The van der Waals surface area contributed by atoms with E-state index in [0.29, 0.717) is 18.5 Å². The largest absolute Gasteiger partial charge is 0.408 e. The predicted octanol–water partition coefficient (Wildman–Crippen LogP) is 0.494. The number of nitrogens with one attached hydrogen (secondary N) is 1. The molecule has 2 heterocycles. The van der Waals surface area contributed by atoms with Crippen molar-refractivity contribution in [2.45, 2.75) is 37.5 Å². The number of carbonyl (C=O) groups is 1. The van der Waals surface area contributed by atoms with Gasteiger partial charge in [-0.2, -0.15) is 0 Å². The molecule has 0 saturated heterocycles. The number of aromatic nitrogens is 5. The molecule has 3 rings (SSSR count). The smallest absolute Gasteiger partial charge is 0.322 e. The fourth-order valence-corrected chi connectivity index (χ4v) is 2.70. The van der Waals surface area contributed by atoms with E-state index in [1.165, 1.54) is 11.8 Å². The highest BCUT2D eigenvalue weighted by molar-refractivity contribution is 7.99. The standard InChI is InChI=1S/C11H15N7O2S/c1-6-14-16-10(20-6)13-9(19)5-21-11-17-15-8(4-12)18(11)7-2-3-7/h7H,2-5,12H2,1H3,(H,13,16,19). The van der Waals surface area contributed by atoms with Gasteiger partial charge in [-0.25, -0.2) is 0 Å². The number of aryl methyl sites for hydroxylation is 1. The molecule has 0 aliphatic heterocycles. The molecule has 112 valence electrons. The molecule has 1 aliphatic carbocycles. The summed E-state index contributed by atoms with van der Waals surface area (Å²) in [5.74, 6) is 1.12. The molecular formula is C11H15N7O2S. The Hall–Kier alpha value is -1.94. The first-order chi connectivity index (χ1) is 10.2. The predicted molar refractivity (Wildman–Crippen MR) is 74.6 cm³/mol. The first-order valence-electron chi connectivity index (χ1n) is 6.54. The molecular weight excluding hydrogens is 294 g/mol.